The van der Waals surface area contributed by atoms with Crippen molar-refractivity contribution in [3.63, 3.8) is 0 Å². The standard InChI is InChI=1S/C38H45NO19S2/c1-23(40)39-29-31(30(58-60(46,47)48)28(22-53-59(43,44)45)55-37(29)52-21-27-17-11-6-12-18-27)56-38-35(54-24(2)41)33(51-20-26-15-9-5-10-16-26)32(34(57-38)36(42)49-3)50-19-25-13-7-4-8-14-25/h4-18,28-35,37-38H,19-22H2,1-3H3,(H,39,40)(H,43,44,45)(H,46,47,48)/t28-,29-,30+,31-,32+,33+,34+,35-,37-,38-/m1/s1. The van der Waals surface area contributed by atoms with Crippen LogP contribution in [-0.4, -0.2) is 119 Å². The molecule has 0 aliphatic carbocycles. The first-order chi connectivity index (χ1) is 28.5. The maximum atomic E-state index is 13.6. The maximum absolute atomic E-state index is 13.6. The second-order valence-electron chi connectivity index (χ2n) is 13.4. The van der Waals surface area contributed by atoms with Gasteiger partial charge in [-0.1, -0.05) is 91.0 Å². The molecule has 2 heterocycles. The molecule has 0 saturated carbocycles. The van der Waals surface area contributed by atoms with Gasteiger partial charge in [0.1, 0.15) is 36.6 Å². The Morgan fingerprint density at radius 3 is 1.63 bits per heavy atom. The highest BCUT2D eigenvalue weighted by Crippen LogP contribution is 2.36. The fourth-order valence-electron chi connectivity index (χ4n) is 6.50. The van der Waals surface area contributed by atoms with Crippen molar-refractivity contribution in [2.24, 2.45) is 0 Å². The third-order valence-corrected chi connectivity index (χ3v) is 9.88. The molecule has 3 N–H and O–H groups in total. The Labute approximate surface area is 346 Å². The van der Waals surface area contributed by atoms with E-state index in [1.807, 2.05) is 0 Å². The normalized spacial score (nSPS) is 27.1. The highest BCUT2D eigenvalue weighted by Gasteiger charge is 2.57. The van der Waals surface area contributed by atoms with Crippen molar-refractivity contribution >= 4 is 38.6 Å². The van der Waals surface area contributed by atoms with Gasteiger partial charge in [-0.25, -0.2) is 13.2 Å². The first-order valence-electron chi connectivity index (χ1n) is 18.2. The van der Waals surface area contributed by atoms with Crippen molar-refractivity contribution in [1.82, 2.24) is 5.32 Å². The molecular weight excluding hydrogens is 839 g/mol. The van der Waals surface area contributed by atoms with Crippen LogP contribution in [0.2, 0.25) is 0 Å². The Hall–Kier alpha value is -4.43. The van der Waals surface area contributed by atoms with E-state index in [1.165, 1.54) is 0 Å². The molecule has 5 rings (SSSR count). The molecule has 2 aliphatic heterocycles. The monoisotopic (exact) mass is 883 g/mol. The lowest BCUT2D eigenvalue weighted by Crippen LogP contribution is -2.69. The molecule has 10 atom stereocenters. The fraction of sp³-hybridized carbons (Fsp3) is 0.447. The molecular formula is C38H45NO19S2. The minimum Gasteiger partial charge on any atom is -0.467 e. The quantitative estimate of drug-likeness (QED) is 0.115. The van der Waals surface area contributed by atoms with Crippen LogP contribution < -0.4 is 5.32 Å². The van der Waals surface area contributed by atoms with Crippen LogP contribution >= 0.6 is 0 Å². The van der Waals surface area contributed by atoms with Crippen molar-refractivity contribution < 1.29 is 86.6 Å². The zero-order chi connectivity index (χ0) is 43.5. The summed E-state index contributed by atoms with van der Waals surface area (Å²) in [6, 6.07) is 24.5. The largest absolute Gasteiger partial charge is 0.467 e. The van der Waals surface area contributed by atoms with Gasteiger partial charge in [0, 0.05) is 13.8 Å². The van der Waals surface area contributed by atoms with Gasteiger partial charge in [-0.05, 0) is 16.7 Å². The number of nitrogens with one attached hydrogen (secondary N) is 1. The van der Waals surface area contributed by atoms with Crippen molar-refractivity contribution in [2.45, 2.75) is 95.0 Å². The van der Waals surface area contributed by atoms with Gasteiger partial charge in [0.2, 0.25) is 5.91 Å². The van der Waals surface area contributed by atoms with Crippen LogP contribution in [-0.2, 0) is 101 Å². The topological polar surface area (TPSA) is 264 Å². The van der Waals surface area contributed by atoms with Crippen LogP contribution in [0.5, 0.6) is 0 Å². The van der Waals surface area contributed by atoms with E-state index in [4.69, 9.17) is 42.1 Å². The average molecular weight is 884 g/mol. The minimum absolute atomic E-state index is 0.101. The molecule has 0 unspecified atom stereocenters. The summed E-state index contributed by atoms with van der Waals surface area (Å²) < 4.78 is 125. The smallest absolute Gasteiger partial charge is 0.397 e. The zero-order valence-corrected chi connectivity index (χ0v) is 34.0. The van der Waals surface area contributed by atoms with Gasteiger partial charge >= 0.3 is 32.7 Å². The number of hydrogen-bond acceptors (Lipinski definition) is 17. The Morgan fingerprint density at radius 1 is 0.650 bits per heavy atom. The van der Waals surface area contributed by atoms with Crippen molar-refractivity contribution in [3.05, 3.63) is 108 Å². The van der Waals surface area contributed by atoms with Crippen LogP contribution in [0.15, 0.2) is 91.0 Å². The second kappa shape index (κ2) is 21.4. The van der Waals surface area contributed by atoms with E-state index in [1.54, 1.807) is 91.0 Å². The minimum atomic E-state index is -5.49. The number of ether oxygens (including phenoxy) is 8. The molecule has 2 aliphatic rings. The summed E-state index contributed by atoms with van der Waals surface area (Å²) in [5.41, 5.74) is 1.92. The first kappa shape index (κ1) is 46.6. The zero-order valence-electron chi connectivity index (χ0n) is 32.4. The Balaban J connectivity index is 1.62. The number of rotatable bonds is 19. The molecule has 0 bridgehead atoms. The molecule has 2 saturated heterocycles. The predicted octanol–water partition coefficient (Wildman–Crippen LogP) is 1.83. The number of carbonyl (C=O) groups excluding carboxylic acids is 3. The summed E-state index contributed by atoms with van der Waals surface area (Å²) in [5, 5.41) is 2.53. The van der Waals surface area contributed by atoms with Gasteiger partial charge < -0.3 is 43.2 Å². The third-order valence-electron chi connectivity index (χ3n) is 8.98. The highest BCUT2D eigenvalue weighted by atomic mass is 32.3. The SMILES string of the molecule is COC(=O)[C@H]1O[C@@H](O[C@@H]2[C@@H](NC(C)=O)[C@H](OCc3ccccc3)O[C@H](COS(=O)(=O)O)[C@@H]2OS(=O)(=O)O)[C@H](OC(C)=O)[C@@H](OCc2ccccc2)[C@@H]1OCc1ccccc1. The molecule has 20 nitrogen and oxygen atoms in total. The summed E-state index contributed by atoms with van der Waals surface area (Å²) in [6.45, 7) is 0.535. The Kier molecular flexibility index (Phi) is 16.6. The lowest BCUT2D eigenvalue weighted by molar-refractivity contribution is -0.346. The van der Waals surface area contributed by atoms with Crippen LogP contribution in [0.4, 0.5) is 0 Å². The number of amides is 1. The lowest BCUT2D eigenvalue weighted by Gasteiger charge is -2.49. The molecule has 3 aromatic carbocycles. The van der Waals surface area contributed by atoms with Crippen molar-refractivity contribution in [1.29, 1.82) is 0 Å². The van der Waals surface area contributed by atoms with Gasteiger partial charge in [-0.3, -0.25) is 18.7 Å². The van der Waals surface area contributed by atoms with Gasteiger partial charge in [-0.2, -0.15) is 16.8 Å². The van der Waals surface area contributed by atoms with Crippen LogP contribution in [0.1, 0.15) is 30.5 Å². The van der Waals surface area contributed by atoms with E-state index in [2.05, 4.69) is 9.50 Å². The van der Waals surface area contributed by atoms with E-state index in [0.29, 0.717) is 16.7 Å². The molecule has 328 valence electrons. The van der Waals surface area contributed by atoms with Gasteiger partial charge in [0.15, 0.2) is 24.8 Å². The van der Waals surface area contributed by atoms with Crippen molar-refractivity contribution in [2.75, 3.05) is 13.7 Å². The predicted molar refractivity (Wildman–Crippen MR) is 203 cm³/mol. The van der Waals surface area contributed by atoms with Gasteiger partial charge in [0.05, 0.1) is 33.5 Å². The number of methoxy groups -OCH3 is 1. The van der Waals surface area contributed by atoms with Crippen LogP contribution in [0.3, 0.4) is 0 Å². The first-order valence-corrected chi connectivity index (χ1v) is 21.0. The Bertz CT molecular complexity index is 2080. The lowest BCUT2D eigenvalue weighted by atomic mass is 9.94. The average Bonchev–Trinajstić information content (AvgIpc) is 3.20. The number of benzene rings is 3. The van der Waals surface area contributed by atoms with Gasteiger partial charge in [-0.15, -0.1) is 0 Å². The fourth-order valence-corrected chi connectivity index (χ4v) is 7.32. The molecule has 22 heteroatoms. The molecule has 0 aromatic heterocycles. The van der Waals surface area contributed by atoms with E-state index in [9.17, 15) is 40.3 Å². The molecule has 2 fully saturated rings. The summed E-state index contributed by atoms with van der Waals surface area (Å²) in [5.74, 6) is -2.66. The van der Waals surface area contributed by atoms with E-state index >= 15 is 0 Å². The van der Waals surface area contributed by atoms with Gasteiger partial charge in [0.25, 0.3) is 0 Å². The summed E-state index contributed by atoms with van der Waals surface area (Å²) in [6.07, 6.45) is -15.8. The van der Waals surface area contributed by atoms with Crippen molar-refractivity contribution in [3.8, 4) is 0 Å². The number of hydrogen-bond donors (Lipinski definition) is 3. The molecule has 0 radical (unpaired) electrons. The number of esters is 2. The second-order valence-corrected chi connectivity index (χ2v) is 15.6. The molecule has 1 amide bonds. The van der Waals surface area contributed by atoms with Crippen LogP contribution in [0, 0.1) is 0 Å². The molecule has 3 aromatic rings. The van der Waals surface area contributed by atoms with E-state index in [0.717, 1.165) is 21.0 Å². The summed E-state index contributed by atoms with van der Waals surface area (Å²) >= 11 is 0. The molecule has 60 heavy (non-hydrogen) atoms. The molecule has 0 spiro atoms. The maximum Gasteiger partial charge on any atom is 0.397 e. The Morgan fingerprint density at radius 2 is 1.17 bits per heavy atom. The summed E-state index contributed by atoms with van der Waals surface area (Å²) in [4.78, 5) is 39.2. The summed E-state index contributed by atoms with van der Waals surface area (Å²) in [7, 11) is -9.63. The van der Waals surface area contributed by atoms with E-state index in [-0.39, 0.29) is 19.8 Å². The number of carbonyl (C=O) groups is 3. The van der Waals surface area contributed by atoms with Crippen LogP contribution in [0.25, 0.3) is 0 Å². The third kappa shape index (κ3) is 13.8. The highest BCUT2D eigenvalue weighted by molar-refractivity contribution is 7.81. The van der Waals surface area contributed by atoms with E-state index < -0.39 is 107 Å².